The van der Waals surface area contributed by atoms with Gasteiger partial charge in [0, 0.05) is 26.2 Å². The van der Waals surface area contributed by atoms with E-state index in [9.17, 15) is 9.59 Å². The molecule has 8 nitrogen and oxygen atoms in total. The minimum absolute atomic E-state index is 0.0138. The van der Waals surface area contributed by atoms with E-state index in [1.54, 1.807) is 9.80 Å². The summed E-state index contributed by atoms with van der Waals surface area (Å²) in [6.07, 6.45) is 2.33. The molecule has 0 atom stereocenters. The van der Waals surface area contributed by atoms with E-state index in [0.29, 0.717) is 19.6 Å². The molecule has 1 N–H and O–H groups in total. The molecule has 0 aromatic carbocycles. The minimum Gasteiger partial charge on any atom is -0.476 e. The van der Waals surface area contributed by atoms with Crippen LogP contribution in [0.15, 0.2) is 6.20 Å². The second kappa shape index (κ2) is 5.89. The molecule has 1 aliphatic rings. The molecule has 1 aromatic heterocycles. The van der Waals surface area contributed by atoms with Crippen LogP contribution in [0.3, 0.4) is 0 Å². The van der Waals surface area contributed by atoms with E-state index in [-0.39, 0.29) is 17.8 Å². The molecule has 0 aliphatic carbocycles. The van der Waals surface area contributed by atoms with Crippen LogP contribution in [0.4, 0.5) is 4.79 Å². The molecule has 0 saturated carbocycles. The van der Waals surface area contributed by atoms with Crippen LogP contribution in [0.2, 0.25) is 0 Å². The maximum atomic E-state index is 12.1. The molecule has 2 amide bonds. The molecule has 1 saturated heterocycles. The molecule has 0 unspecified atom stereocenters. The first kappa shape index (κ1) is 14.3. The largest absolute Gasteiger partial charge is 0.476 e. The molecule has 1 fully saturated rings. The lowest BCUT2D eigenvalue weighted by atomic mass is 10.1. The standard InChI is InChI=1S/C12H19N5O3/c1-3-5-15(4-2)12(20)16-6-9(7-16)17-8-10(11(18)19)13-14-17/h8-9H,3-7H2,1-2H3,(H,18,19). The van der Waals surface area contributed by atoms with Gasteiger partial charge in [-0.3, -0.25) is 0 Å². The Labute approximate surface area is 117 Å². The fourth-order valence-electron chi connectivity index (χ4n) is 2.19. The number of carboxylic acid groups (broad SMARTS) is 1. The smallest absolute Gasteiger partial charge is 0.358 e. The predicted octanol–water partition coefficient (Wildman–Crippen LogP) is 0.685. The lowest BCUT2D eigenvalue weighted by Gasteiger charge is -2.41. The lowest BCUT2D eigenvalue weighted by Crippen LogP contribution is -2.55. The Kier molecular flexibility index (Phi) is 4.21. The van der Waals surface area contributed by atoms with Gasteiger partial charge in [-0.1, -0.05) is 12.1 Å². The molecule has 20 heavy (non-hydrogen) atoms. The third kappa shape index (κ3) is 2.73. The topological polar surface area (TPSA) is 91.6 Å². The SMILES string of the molecule is CCCN(CC)C(=O)N1CC(n2cc(C(=O)O)nn2)C1. The summed E-state index contributed by atoms with van der Waals surface area (Å²) in [4.78, 5) is 26.4. The number of hydrogen-bond acceptors (Lipinski definition) is 4. The van der Waals surface area contributed by atoms with Crippen molar-refractivity contribution >= 4 is 12.0 Å². The second-order valence-corrected chi connectivity index (χ2v) is 4.81. The van der Waals surface area contributed by atoms with E-state index >= 15 is 0 Å². The van der Waals surface area contributed by atoms with E-state index in [0.717, 1.165) is 13.0 Å². The second-order valence-electron chi connectivity index (χ2n) is 4.81. The number of nitrogens with zero attached hydrogens (tertiary/aromatic N) is 5. The van der Waals surface area contributed by atoms with Crippen molar-refractivity contribution in [3.05, 3.63) is 11.9 Å². The summed E-state index contributed by atoms with van der Waals surface area (Å²) >= 11 is 0. The van der Waals surface area contributed by atoms with Crippen molar-refractivity contribution in [2.45, 2.75) is 26.3 Å². The highest BCUT2D eigenvalue weighted by Gasteiger charge is 2.34. The van der Waals surface area contributed by atoms with Crippen molar-refractivity contribution in [2.75, 3.05) is 26.2 Å². The van der Waals surface area contributed by atoms with Crippen LogP contribution in [0.25, 0.3) is 0 Å². The summed E-state index contributed by atoms with van der Waals surface area (Å²) in [5.74, 6) is -1.09. The number of likely N-dealkylation sites (tertiary alicyclic amines) is 1. The number of aromatic carboxylic acids is 1. The quantitative estimate of drug-likeness (QED) is 0.857. The summed E-state index contributed by atoms with van der Waals surface area (Å²) in [5.41, 5.74) is -0.0732. The molecule has 2 heterocycles. The molecule has 1 aromatic rings. The highest BCUT2D eigenvalue weighted by molar-refractivity contribution is 5.84. The summed E-state index contributed by atoms with van der Waals surface area (Å²) < 4.78 is 1.52. The Hall–Kier alpha value is -2.12. The van der Waals surface area contributed by atoms with Gasteiger partial charge < -0.3 is 14.9 Å². The van der Waals surface area contributed by atoms with Gasteiger partial charge >= 0.3 is 12.0 Å². The zero-order valence-electron chi connectivity index (χ0n) is 11.7. The average Bonchev–Trinajstić information content (AvgIpc) is 2.83. The highest BCUT2D eigenvalue weighted by Crippen LogP contribution is 2.21. The Morgan fingerprint density at radius 2 is 2.15 bits per heavy atom. The van der Waals surface area contributed by atoms with E-state index in [2.05, 4.69) is 10.3 Å². The first-order chi connectivity index (χ1) is 9.56. The average molecular weight is 281 g/mol. The lowest BCUT2D eigenvalue weighted by molar-refractivity contribution is 0.0689. The number of carbonyl (C=O) groups is 2. The summed E-state index contributed by atoms with van der Waals surface area (Å²) in [5, 5.41) is 16.1. The van der Waals surface area contributed by atoms with Crippen LogP contribution in [-0.4, -0.2) is 68.1 Å². The highest BCUT2D eigenvalue weighted by atomic mass is 16.4. The maximum absolute atomic E-state index is 12.1. The van der Waals surface area contributed by atoms with Gasteiger partial charge in [0.1, 0.15) is 0 Å². The third-order valence-electron chi connectivity index (χ3n) is 3.38. The van der Waals surface area contributed by atoms with Crippen molar-refractivity contribution < 1.29 is 14.7 Å². The number of aromatic nitrogens is 3. The number of urea groups is 1. The number of carbonyl (C=O) groups excluding carboxylic acids is 1. The molecule has 1 aliphatic heterocycles. The minimum atomic E-state index is -1.09. The predicted molar refractivity (Wildman–Crippen MR) is 70.5 cm³/mol. The van der Waals surface area contributed by atoms with Crippen molar-refractivity contribution in [3.8, 4) is 0 Å². The molecule has 110 valence electrons. The number of hydrogen-bond donors (Lipinski definition) is 1. The van der Waals surface area contributed by atoms with Crippen LogP contribution >= 0.6 is 0 Å². The van der Waals surface area contributed by atoms with Gasteiger partial charge in [-0.25, -0.2) is 14.3 Å². The first-order valence-electron chi connectivity index (χ1n) is 6.75. The van der Waals surface area contributed by atoms with Gasteiger partial charge in [-0.05, 0) is 13.3 Å². The van der Waals surface area contributed by atoms with Crippen LogP contribution in [0.5, 0.6) is 0 Å². The molecule has 0 radical (unpaired) electrons. The van der Waals surface area contributed by atoms with Gasteiger partial charge in [-0.15, -0.1) is 5.10 Å². The Bertz CT molecular complexity index is 495. The van der Waals surface area contributed by atoms with Gasteiger partial charge in [0.15, 0.2) is 5.69 Å². The van der Waals surface area contributed by atoms with Crippen LogP contribution in [-0.2, 0) is 0 Å². The fourth-order valence-corrected chi connectivity index (χ4v) is 2.19. The Balaban J connectivity index is 1.90. The molecular formula is C12H19N5O3. The number of amides is 2. The van der Waals surface area contributed by atoms with Crippen molar-refractivity contribution in [3.63, 3.8) is 0 Å². The van der Waals surface area contributed by atoms with E-state index in [1.807, 2.05) is 13.8 Å². The molecular weight excluding hydrogens is 262 g/mol. The van der Waals surface area contributed by atoms with Crippen LogP contribution in [0.1, 0.15) is 36.8 Å². The summed E-state index contributed by atoms with van der Waals surface area (Å²) in [6.45, 7) is 6.53. The van der Waals surface area contributed by atoms with E-state index < -0.39 is 5.97 Å². The fraction of sp³-hybridized carbons (Fsp3) is 0.667. The monoisotopic (exact) mass is 281 g/mol. The van der Waals surface area contributed by atoms with Crippen molar-refractivity contribution in [1.29, 1.82) is 0 Å². The zero-order valence-corrected chi connectivity index (χ0v) is 11.7. The summed E-state index contributed by atoms with van der Waals surface area (Å²) in [7, 11) is 0. The van der Waals surface area contributed by atoms with Crippen molar-refractivity contribution in [2.24, 2.45) is 0 Å². The molecule has 0 bridgehead atoms. The maximum Gasteiger partial charge on any atom is 0.358 e. The Morgan fingerprint density at radius 1 is 1.45 bits per heavy atom. The van der Waals surface area contributed by atoms with Crippen molar-refractivity contribution in [1.82, 2.24) is 24.8 Å². The van der Waals surface area contributed by atoms with Gasteiger partial charge in [0.2, 0.25) is 0 Å². The first-order valence-corrected chi connectivity index (χ1v) is 6.75. The van der Waals surface area contributed by atoms with Gasteiger partial charge in [0.25, 0.3) is 0 Å². The van der Waals surface area contributed by atoms with E-state index in [1.165, 1.54) is 10.9 Å². The van der Waals surface area contributed by atoms with Crippen LogP contribution in [0, 0.1) is 0 Å². The molecule has 0 spiro atoms. The van der Waals surface area contributed by atoms with Gasteiger partial charge in [0.05, 0.1) is 12.2 Å². The normalized spacial score (nSPS) is 15.0. The zero-order chi connectivity index (χ0) is 14.7. The molecule has 8 heteroatoms. The Morgan fingerprint density at radius 3 is 2.65 bits per heavy atom. The number of rotatable bonds is 5. The third-order valence-corrected chi connectivity index (χ3v) is 3.38. The van der Waals surface area contributed by atoms with Gasteiger partial charge in [-0.2, -0.15) is 0 Å². The summed E-state index contributed by atoms with van der Waals surface area (Å²) in [6, 6.07) is 0.0454. The number of carboxylic acids is 1. The molecule has 2 rings (SSSR count). The van der Waals surface area contributed by atoms with Crippen LogP contribution < -0.4 is 0 Å². The van der Waals surface area contributed by atoms with E-state index in [4.69, 9.17) is 5.11 Å².